The maximum atomic E-state index is 12.6. The van der Waals surface area contributed by atoms with Crippen LogP contribution < -0.4 is 10.1 Å². The molecule has 1 aromatic rings. The van der Waals surface area contributed by atoms with Crippen molar-refractivity contribution in [2.45, 2.75) is 31.7 Å². The van der Waals surface area contributed by atoms with Gasteiger partial charge in [0, 0.05) is 31.6 Å². The Labute approximate surface area is 144 Å². The molecule has 0 radical (unpaired) electrons. The first-order chi connectivity index (χ1) is 10.9. The molecule has 0 aromatic heterocycles. The summed E-state index contributed by atoms with van der Waals surface area (Å²) in [5, 5.41) is 3.22. The molecule has 1 saturated heterocycles. The molecule has 3 rings (SSSR count). The lowest BCUT2D eigenvalue weighted by Gasteiger charge is -2.34. The number of hydrogen-bond donors (Lipinski definition) is 1. The smallest absolute Gasteiger partial charge is 0.405 e. The molecule has 1 aliphatic carbocycles. The van der Waals surface area contributed by atoms with Crippen molar-refractivity contribution in [1.82, 2.24) is 10.2 Å². The SMILES string of the molecule is C[C@H]1CNCCN1C(=O)C1CC1c1ccccc1OC(F)(F)F.Cl. The topological polar surface area (TPSA) is 41.6 Å². The first kappa shape index (κ1) is 18.9. The fourth-order valence-electron chi connectivity index (χ4n) is 3.20. The molecule has 2 unspecified atom stereocenters. The van der Waals surface area contributed by atoms with E-state index in [0.717, 1.165) is 13.1 Å². The van der Waals surface area contributed by atoms with Gasteiger partial charge in [0.1, 0.15) is 5.75 Å². The normalized spacial score (nSPS) is 26.5. The molecule has 0 spiro atoms. The van der Waals surface area contributed by atoms with Gasteiger partial charge in [0.05, 0.1) is 0 Å². The number of ether oxygens (including phenoxy) is 1. The van der Waals surface area contributed by atoms with Crippen LogP contribution in [0.15, 0.2) is 24.3 Å². The first-order valence-corrected chi connectivity index (χ1v) is 7.72. The minimum absolute atomic E-state index is 0. The third-order valence-corrected chi connectivity index (χ3v) is 4.44. The zero-order valence-electron chi connectivity index (χ0n) is 13.2. The van der Waals surface area contributed by atoms with Crippen LogP contribution in [0.1, 0.15) is 24.8 Å². The summed E-state index contributed by atoms with van der Waals surface area (Å²) in [7, 11) is 0. The molecule has 2 fully saturated rings. The van der Waals surface area contributed by atoms with Gasteiger partial charge in [-0.3, -0.25) is 4.79 Å². The van der Waals surface area contributed by atoms with Crippen LogP contribution in [0, 0.1) is 5.92 Å². The number of benzene rings is 1. The second kappa shape index (κ2) is 7.19. The molecule has 1 saturated carbocycles. The molecule has 134 valence electrons. The molecule has 1 N–H and O–H groups in total. The average molecular weight is 365 g/mol. The van der Waals surface area contributed by atoms with E-state index in [1.165, 1.54) is 12.1 Å². The second-order valence-electron chi connectivity index (χ2n) is 6.12. The highest BCUT2D eigenvalue weighted by atomic mass is 35.5. The fraction of sp³-hybridized carbons (Fsp3) is 0.562. The zero-order chi connectivity index (χ0) is 16.6. The van der Waals surface area contributed by atoms with Gasteiger partial charge in [-0.25, -0.2) is 0 Å². The van der Waals surface area contributed by atoms with E-state index in [4.69, 9.17) is 0 Å². The number of para-hydroxylation sites is 1. The number of nitrogens with zero attached hydrogens (tertiary/aromatic N) is 1. The quantitative estimate of drug-likeness (QED) is 0.896. The number of carbonyl (C=O) groups is 1. The monoisotopic (exact) mass is 364 g/mol. The Balaban J connectivity index is 0.00000208. The van der Waals surface area contributed by atoms with Crippen molar-refractivity contribution >= 4 is 18.3 Å². The summed E-state index contributed by atoms with van der Waals surface area (Å²) in [6.07, 6.45) is -4.15. The van der Waals surface area contributed by atoms with Crippen molar-refractivity contribution in [2.75, 3.05) is 19.6 Å². The summed E-state index contributed by atoms with van der Waals surface area (Å²) < 4.78 is 41.6. The summed E-state index contributed by atoms with van der Waals surface area (Å²) in [4.78, 5) is 14.4. The number of alkyl halides is 3. The van der Waals surface area contributed by atoms with E-state index in [-0.39, 0.29) is 41.9 Å². The second-order valence-corrected chi connectivity index (χ2v) is 6.12. The Kier molecular flexibility index (Phi) is 5.65. The van der Waals surface area contributed by atoms with Crippen LogP contribution in [0.5, 0.6) is 5.75 Å². The number of nitrogens with one attached hydrogen (secondary N) is 1. The molecular formula is C16H20ClF3N2O2. The van der Waals surface area contributed by atoms with E-state index in [0.29, 0.717) is 18.5 Å². The molecule has 1 heterocycles. The first-order valence-electron chi connectivity index (χ1n) is 7.72. The van der Waals surface area contributed by atoms with Crippen LogP contribution in [-0.4, -0.2) is 42.8 Å². The number of piperazine rings is 1. The van der Waals surface area contributed by atoms with Gasteiger partial charge in [0.15, 0.2) is 0 Å². The highest BCUT2D eigenvalue weighted by Gasteiger charge is 2.48. The molecule has 2 aliphatic rings. The Morgan fingerprint density at radius 2 is 2.04 bits per heavy atom. The van der Waals surface area contributed by atoms with Gasteiger partial charge in [-0.2, -0.15) is 0 Å². The van der Waals surface area contributed by atoms with Gasteiger partial charge in [0.25, 0.3) is 0 Å². The predicted octanol–water partition coefficient (Wildman–Crippen LogP) is 2.93. The number of carbonyl (C=O) groups excluding carboxylic acids is 1. The maximum absolute atomic E-state index is 12.6. The lowest BCUT2D eigenvalue weighted by molar-refractivity contribution is -0.274. The van der Waals surface area contributed by atoms with E-state index < -0.39 is 6.36 Å². The third kappa shape index (κ3) is 4.13. The largest absolute Gasteiger partial charge is 0.573 e. The highest BCUT2D eigenvalue weighted by Crippen LogP contribution is 2.51. The van der Waals surface area contributed by atoms with Gasteiger partial charge < -0.3 is 15.0 Å². The minimum Gasteiger partial charge on any atom is -0.405 e. The van der Waals surface area contributed by atoms with Crippen LogP contribution in [-0.2, 0) is 4.79 Å². The summed E-state index contributed by atoms with van der Waals surface area (Å²) in [6, 6.07) is 6.20. The van der Waals surface area contributed by atoms with E-state index in [1.807, 2.05) is 11.8 Å². The molecule has 1 aromatic carbocycles. The highest BCUT2D eigenvalue weighted by molar-refractivity contribution is 5.85. The van der Waals surface area contributed by atoms with E-state index in [9.17, 15) is 18.0 Å². The fourth-order valence-corrected chi connectivity index (χ4v) is 3.20. The minimum atomic E-state index is -4.72. The molecule has 1 amide bonds. The molecule has 4 nitrogen and oxygen atoms in total. The van der Waals surface area contributed by atoms with E-state index >= 15 is 0 Å². The lowest BCUT2D eigenvalue weighted by atomic mass is 10.1. The third-order valence-electron chi connectivity index (χ3n) is 4.44. The average Bonchev–Trinajstić information content (AvgIpc) is 3.26. The van der Waals surface area contributed by atoms with Crippen LogP contribution in [0.2, 0.25) is 0 Å². The van der Waals surface area contributed by atoms with Crippen LogP contribution in [0.4, 0.5) is 13.2 Å². The predicted molar refractivity (Wildman–Crippen MR) is 85.3 cm³/mol. The Hall–Kier alpha value is -1.47. The number of rotatable bonds is 3. The van der Waals surface area contributed by atoms with Crippen LogP contribution in [0.25, 0.3) is 0 Å². The van der Waals surface area contributed by atoms with Crippen molar-refractivity contribution < 1.29 is 22.7 Å². The molecule has 8 heteroatoms. The molecule has 0 bridgehead atoms. The molecule has 24 heavy (non-hydrogen) atoms. The number of hydrogen-bond acceptors (Lipinski definition) is 3. The Morgan fingerprint density at radius 3 is 2.71 bits per heavy atom. The summed E-state index contributed by atoms with van der Waals surface area (Å²) in [5.74, 6) is -0.601. The van der Waals surface area contributed by atoms with Crippen molar-refractivity contribution in [3.63, 3.8) is 0 Å². The number of amides is 1. The van der Waals surface area contributed by atoms with Crippen molar-refractivity contribution in [2.24, 2.45) is 5.92 Å². The van der Waals surface area contributed by atoms with E-state index in [1.54, 1.807) is 12.1 Å². The Morgan fingerprint density at radius 1 is 1.33 bits per heavy atom. The van der Waals surface area contributed by atoms with Crippen LogP contribution >= 0.6 is 12.4 Å². The maximum Gasteiger partial charge on any atom is 0.573 e. The van der Waals surface area contributed by atoms with Crippen molar-refractivity contribution in [3.8, 4) is 5.75 Å². The van der Waals surface area contributed by atoms with Crippen LogP contribution in [0.3, 0.4) is 0 Å². The van der Waals surface area contributed by atoms with Gasteiger partial charge in [-0.15, -0.1) is 25.6 Å². The summed E-state index contributed by atoms with van der Waals surface area (Å²) >= 11 is 0. The van der Waals surface area contributed by atoms with Crippen molar-refractivity contribution in [3.05, 3.63) is 29.8 Å². The number of halogens is 4. The standard InChI is InChI=1S/C16H19F3N2O2.ClH/c1-10-9-20-6-7-21(10)15(22)13-8-12(13)11-4-2-3-5-14(11)23-16(17,18)19;/h2-5,10,12-13,20H,6-9H2,1H3;1H/t10-,12?,13?;/m0./s1. The summed E-state index contributed by atoms with van der Waals surface area (Å²) in [6.45, 7) is 4.12. The molecule has 1 aliphatic heterocycles. The lowest BCUT2D eigenvalue weighted by Crippen LogP contribution is -2.52. The Bertz CT molecular complexity index is 597. The molecule has 3 atom stereocenters. The van der Waals surface area contributed by atoms with Gasteiger partial charge in [-0.1, -0.05) is 18.2 Å². The zero-order valence-corrected chi connectivity index (χ0v) is 14.0. The summed E-state index contributed by atoms with van der Waals surface area (Å²) in [5.41, 5.74) is 0.464. The molecular weight excluding hydrogens is 345 g/mol. The van der Waals surface area contributed by atoms with Gasteiger partial charge >= 0.3 is 6.36 Å². The van der Waals surface area contributed by atoms with Gasteiger partial charge in [0.2, 0.25) is 5.91 Å². The van der Waals surface area contributed by atoms with Crippen molar-refractivity contribution in [1.29, 1.82) is 0 Å². The van der Waals surface area contributed by atoms with E-state index in [2.05, 4.69) is 10.1 Å². The van der Waals surface area contributed by atoms with Gasteiger partial charge in [-0.05, 0) is 30.9 Å².